The number of para-hydroxylation sites is 1. The van der Waals surface area contributed by atoms with Crippen molar-refractivity contribution in [1.29, 1.82) is 0 Å². The minimum Gasteiger partial charge on any atom is -0.321 e. The first-order valence-electron chi connectivity index (χ1n) is 5.32. The molecule has 0 unspecified atom stereocenters. The van der Waals surface area contributed by atoms with Crippen LogP contribution in [0.1, 0.15) is 26.3 Å². The van der Waals surface area contributed by atoms with E-state index in [1.54, 1.807) is 11.8 Å². The van der Waals surface area contributed by atoms with Crippen molar-refractivity contribution < 1.29 is 0 Å². The lowest BCUT2D eigenvalue weighted by atomic mass is 10.1. The molecule has 1 nitrogen and oxygen atoms in total. The lowest BCUT2D eigenvalue weighted by molar-refractivity contribution is 1.07. The third-order valence-corrected chi connectivity index (χ3v) is 3.99. The maximum atomic E-state index is 6.29. The summed E-state index contributed by atoms with van der Waals surface area (Å²) in [6.45, 7) is 6.35. The number of allylic oxidation sites excluding steroid dienone is 2. The molecule has 1 aromatic carbocycles. The van der Waals surface area contributed by atoms with Crippen LogP contribution in [0.2, 0.25) is 5.02 Å². The zero-order valence-corrected chi connectivity index (χ0v) is 11.2. The van der Waals surface area contributed by atoms with E-state index in [0.717, 1.165) is 17.1 Å². The highest BCUT2D eigenvalue weighted by molar-refractivity contribution is 8.05. The van der Waals surface area contributed by atoms with E-state index in [9.17, 15) is 0 Å². The van der Waals surface area contributed by atoms with Crippen LogP contribution < -0.4 is 4.90 Å². The van der Waals surface area contributed by atoms with Gasteiger partial charge >= 0.3 is 0 Å². The zero-order chi connectivity index (χ0) is 11.7. The second-order valence-corrected chi connectivity index (χ2v) is 5.18. The highest BCUT2D eigenvalue weighted by Gasteiger charge is 2.23. The summed E-state index contributed by atoms with van der Waals surface area (Å²) in [7, 11) is 0. The molecule has 2 rings (SSSR count). The van der Waals surface area contributed by atoms with Gasteiger partial charge in [0.1, 0.15) is 0 Å². The number of aryl methyl sites for hydroxylation is 1. The SMILES string of the molecule is CCc1cccc(Cl)c1N1[C]SC(C)=C1C. The Balaban J connectivity index is 2.48. The summed E-state index contributed by atoms with van der Waals surface area (Å²) in [5.74, 6) is 3.28. The van der Waals surface area contributed by atoms with Gasteiger partial charge in [0.2, 0.25) is 0 Å². The average molecular weight is 252 g/mol. The fourth-order valence-corrected chi connectivity index (χ4v) is 2.70. The number of halogens is 1. The number of anilines is 1. The summed E-state index contributed by atoms with van der Waals surface area (Å²) in [6, 6.07) is 6.05. The molecule has 16 heavy (non-hydrogen) atoms. The molecule has 84 valence electrons. The van der Waals surface area contributed by atoms with Gasteiger partial charge in [-0.1, -0.05) is 42.4 Å². The third kappa shape index (κ3) is 1.96. The van der Waals surface area contributed by atoms with Gasteiger partial charge in [-0.15, -0.1) is 0 Å². The van der Waals surface area contributed by atoms with E-state index in [4.69, 9.17) is 11.6 Å². The van der Waals surface area contributed by atoms with E-state index in [1.807, 2.05) is 12.1 Å². The van der Waals surface area contributed by atoms with E-state index < -0.39 is 0 Å². The van der Waals surface area contributed by atoms with Gasteiger partial charge in [0, 0.05) is 10.6 Å². The fraction of sp³-hybridized carbons (Fsp3) is 0.308. The number of benzene rings is 1. The molecule has 0 bridgehead atoms. The minimum atomic E-state index is 0.793. The van der Waals surface area contributed by atoms with Crippen LogP contribution in [-0.2, 0) is 6.42 Å². The first kappa shape index (κ1) is 11.9. The molecule has 1 aromatic rings. The number of nitrogens with zero attached hydrogens (tertiary/aromatic N) is 1. The molecule has 0 fully saturated rings. The Hall–Kier alpha value is -0.600. The largest absolute Gasteiger partial charge is 0.321 e. The quantitative estimate of drug-likeness (QED) is 0.749. The maximum absolute atomic E-state index is 6.29. The average Bonchev–Trinajstić information content (AvgIpc) is 2.60. The van der Waals surface area contributed by atoms with Crippen molar-refractivity contribution in [3.05, 3.63) is 45.3 Å². The lowest BCUT2D eigenvalue weighted by Gasteiger charge is -2.22. The van der Waals surface area contributed by atoms with Gasteiger partial charge in [-0.05, 0) is 31.9 Å². The molecule has 0 atom stereocenters. The number of rotatable bonds is 2. The standard InChI is InChI=1S/C13H14ClNS/c1-4-11-6-5-7-12(14)13(11)15-8-16-10(3)9(15)2/h5-7H,4H2,1-3H3. The first-order chi connectivity index (χ1) is 7.65. The molecular formula is C13H14ClNS. The molecule has 2 radical (unpaired) electrons. The Labute approximate surface area is 106 Å². The van der Waals surface area contributed by atoms with Gasteiger partial charge in [0.05, 0.1) is 10.7 Å². The molecule has 1 aliphatic rings. The molecule has 0 amide bonds. The van der Waals surface area contributed by atoms with Gasteiger partial charge < -0.3 is 4.90 Å². The van der Waals surface area contributed by atoms with Crippen LogP contribution in [0.15, 0.2) is 28.8 Å². The Morgan fingerprint density at radius 1 is 1.38 bits per heavy atom. The van der Waals surface area contributed by atoms with Crippen LogP contribution in [0.5, 0.6) is 0 Å². The Kier molecular flexibility index (Phi) is 3.50. The monoisotopic (exact) mass is 251 g/mol. The van der Waals surface area contributed by atoms with Gasteiger partial charge in [0.25, 0.3) is 0 Å². The summed E-state index contributed by atoms with van der Waals surface area (Å²) in [5.41, 5.74) is 3.55. The molecule has 0 saturated carbocycles. The molecule has 0 N–H and O–H groups in total. The number of thioether (sulfide) groups is 1. The van der Waals surface area contributed by atoms with Crippen LogP contribution in [0.25, 0.3) is 0 Å². The molecule has 0 aliphatic carbocycles. The van der Waals surface area contributed by atoms with E-state index in [-0.39, 0.29) is 0 Å². The van der Waals surface area contributed by atoms with Gasteiger partial charge in [-0.25, -0.2) is 0 Å². The second-order valence-electron chi connectivity index (χ2n) is 3.77. The van der Waals surface area contributed by atoms with E-state index >= 15 is 0 Å². The van der Waals surface area contributed by atoms with Crippen LogP contribution in [-0.4, -0.2) is 0 Å². The van der Waals surface area contributed by atoms with Crippen molar-refractivity contribution >= 4 is 29.1 Å². The van der Waals surface area contributed by atoms with E-state index in [1.165, 1.54) is 16.2 Å². The van der Waals surface area contributed by atoms with Crippen molar-refractivity contribution in [2.75, 3.05) is 4.90 Å². The topological polar surface area (TPSA) is 3.24 Å². The van der Waals surface area contributed by atoms with Crippen molar-refractivity contribution in [3.63, 3.8) is 0 Å². The summed E-state index contributed by atoms with van der Waals surface area (Å²) in [5, 5.41) is 0.793. The van der Waals surface area contributed by atoms with E-state index in [2.05, 4.69) is 37.6 Å². The third-order valence-electron chi connectivity index (χ3n) is 2.81. The highest BCUT2D eigenvalue weighted by Crippen LogP contribution is 2.42. The molecule has 1 heterocycles. The minimum absolute atomic E-state index is 0.793. The molecule has 3 heteroatoms. The van der Waals surface area contributed by atoms with Gasteiger partial charge in [-0.3, -0.25) is 0 Å². The molecular weight excluding hydrogens is 238 g/mol. The molecule has 0 saturated heterocycles. The van der Waals surface area contributed by atoms with Crippen LogP contribution in [0.4, 0.5) is 5.69 Å². The number of hydrogen-bond donors (Lipinski definition) is 0. The van der Waals surface area contributed by atoms with Crippen LogP contribution in [0, 0.1) is 5.88 Å². The van der Waals surface area contributed by atoms with Crippen LogP contribution in [0.3, 0.4) is 0 Å². The fourth-order valence-electron chi connectivity index (χ4n) is 1.72. The Bertz CT molecular complexity index is 440. The van der Waals surface area contributed by atoms with Crippen molar-refractivity contribution in [2.45, 2.75) is 27.2 Å². The summed E-state index contributed by atoms with van der Waals surface area (Å²) in [6.07, 6.45) is 0.977. The second kappa shape index (κ2) is 4.72. The highest BCUT2D eigenvalue weighted by atomic mass is 35.5. The zero-order valence-electron chi connectivity index (χ0n) is 9.67. The van der Waals surface area contributed by atoms with E-state index in [0.29, 0.717) is 0 Å². The van der Waals surface area contributed by atoms with Gasteiger partial charge in [0.15, 0.2) is 5.88 Å². The Morgan fingerprint density at radius 3 is 2.69 bits per heavy atom. The normalized spacial score (nSPS) is 16.1. The van der Waals surface area contributed by atoms with Gasteiger partial charge in [-0.2, -0.15) is 0 Å². The van der Waals surface area contributed by atoms with Crippen molar-refractivity contribution in [1.82, 2.24) is 0 Å². The smallest absolute Gasteiger partial charge is 0.169 e. The predicted molar refractivity (Wildman–Crippen MR) is 72.5 cm³/mol. The summed E-state index contributed by atoms with van der Waals surface area (Å²) in [4.78, 5) is 3.35. The molecule has 0 spiro atoms. The summed E-state index contributed by atoms with van der Waals surface area (Å²) < 4.78 is 0. The summed E-state index contributed by atoms with van der Waals surface area (Å²) >= 11 is 7.92. The first-order valence-corrected chi connectivity index (χ1v) is 6.52. The molecule has 1 aliphatic heterocycles. The maximum Gasteiger partial charge on any atom is 0.169 e. The van der Waals surface area contributed by atoms with Crippen LogP contribution >= 0.6 is 23.4 Å². The van der Waals surface area contributed by atoms with Crippen molar-refractivity contribution in [2.24, 2.45) is 0 Å². The number of hydrogen-bond acceptors (Lipinski definition) is 2. The predicted octanol–water partition coefficient (Wildman–Crippen LogP) is 4.70. The Morgan fingerprint density at radius 2 is 2.12 bits per heavy atom. The lowest BCUT2D eigenvalue weighted by Crippen LogP contribution is -2.14. The van der Waals surface area contributed by atoms with Crippen molar-refractivity contribution in [3.8, 4) is 0 Å². The molecule has 0 aromatic heterocycles.